The molecule has 0 spiro atoms. The van der Waals surface area contributed by atoms with Crippen molar-refractivity contribution in [1.82, 2.24) is 5.32 Å². The maximum absolute atomic E-state index is 6.30. The Morgan fingerprint density at radius 3 is 2.56 bits per heavy atom. The summed E-state index contributed by atoms with van der Waals surface area (Å²) >= 11 is 0. The Morgan fingerprint density at radius 2 is 1.89 bits per heavy atom. The molecule has 1 aromatic carbocycles. The third-order valence-corrected chi connectivity index (χ3v) is 3.55. The summed E-state index contributed by atoms with van der Waals surface area (Å²) in [5.74, 6) is 1.61. The third kappa shape index (κ3) is 2.60. The van der Waals surface area contributed by atoms with E-state index in [-0.39, 0.29) is 11.6 Å². The number of rotatable bonds is 3. The van der Waals surface area contributed by atoms with Crippen LogP contribution in [-0.2, 0) is 0 Å². The molecule has 0 radical (unpaired) electrons. The zero-order chi connectivity index (χ0) is 13.2. The molecule has 1 unspecified atom stereocenters. The van der Waals surface area contributed by atoms with Gasteiger partial charge in [-0.25, -0.2) is 0 Å². The van der Waals surface area contributed by atoms with E-state index < -0.39 is 0 Å². The van der Waals surface area contributed by atoms with E-state index in [1.54, 1.807) is 0 Å². The summed E-state index contributed by atoms with van der Waals surface area (Å²) in [7, 11) is 1.92. The first-order chi connectivity index (χ1) is 8.54. The van der Waals surface area contributed by atoms with Crippen LogP contribution in [-0.4, -0.2) is 25.8 Å². The predicted octanol–water partition coefficient (Wildman–Crippen LogP) is 1.85. The van der Waals surface area contributed by atoms with Crippen molar-refractivity contribution >= 4 is 0 Å². The van der Waals surface area contributed by atoms with Gasteiger partial charge in [0.05, 0.1) is 13.2 Å². The highest BCUT2D eigenvalue weighted by molar-refractivity contribution is 5.44. The fraction of sp³-hybridized carbons (Fsp3) is 0.571. The van der Waals surface area contributed by atoms with Crippen molar-refractivity contribution in [1.29, 1.82) is 0 Å². The van der Waals surface area contributed by atoms with Gasteiger partial charge in [0.15, 0.2) is 11.5 Å². The molecule has 1 aromatic rings. The lowest BCUT2D eigenvalue weighted by atomic mass is 9.89. The van der Waals surface area contributed by atoms with Crippen molar-refractivity contribution in [3.05, 3.63) is 23.8 Å². The molecule has 0 aliphatic carbocycles. The van der Waals surface area contributed by atoms with E-state index in [9.17, 15) is 0 Å². The molecule has 0 fully saturated rings. The minimum Gasteiger partial charge on any atom is -0.490 e. The van der Waals surface area contributed by atoms with Crippen LogP contribution in [0.2, 0.25) is 0 Å². The molecule has 0 saturated heterocycles. The van der Waals surface area contributed by atoms with E-state index in [2.05, 4.69) is 19.2 Å². The molecule has 3 N–H and O–H groups in total. The Balaban J connectivity index is 2.28. The number of nitrogens with two attached hydrogens (primary N) is 1. The van der Waals surface area contributed by atoms with Gasteiger partial charge >= 0.3 is 0 Å². The van der Waals surface area contributed by atoms with Gasteiger partial charge in [0, 0.05) is 18.0 Å². The van der Waals surface area contributed by atoms with Gasteiger partial charge in [-0.3, -0.25) is 0 Å². The lowest BCUT2D eigenvalue weighted by Gasteiger charge is -2.31. The van der Waals surface area contributed by atoms with Crippen LogP contribution in [0.4, 0.5) is 0 Å². The van der Waals surface area contributed by atoms with Crippen LogP contribution in [0.15, 0.2) is 18.2 Å². The van der Waals surface area contributed by atoms with E-state index >= 15 is 0 Å². The first-order valence-corrected chi connectivity index (χ1v) is 6.38. The number of benzene rings is 1. The highest BCUT2D eigenvalue weighted by Gasteiger charge is 2.26. The largest absolute Gasteiger partial charge is 0.490 e. The lowest BCUT2D eigenvalue weighted by molar-refractivity contribution is 0.296. The number of ether oxygens (including phenoxy) is 2. The molecule has 0 bridgehead atoms. The molecule has 1 aliphatic rings. The predicted molar refractivity (Wildman–Crippen MR) is 72.1 cm³/mol. The van der Waals surface area contributed by atoms with E-state index in [1.807, 2.05) is 25.2 Å². The van der Waals surface area contributed by atoms with Crippen molar-refractivity contribution in [2.45, 2.75) is 31.8 Å². The molecule has 2 rings (SSSR count). The van der Waals surface area contributed by atoms with E-state index in [0.29, 0.717) is 13.2 Å². The molecule has 4 nitrogen and oxygen atoms in total. The molecular weight excluding hydrogens is 228 g/mol. The van der Waals surface area contributed by atoms with Crippen LogP contribution in [0.5, 0.6) is 11.5 Å². The third-order valence-electron chi connectivity index (χ3n) is 3.55. The smallest absolute Gasteiger partial charge is 0.161 e. The average molecular weight is 250 g/mol. The summed E-state index contributed by atoms with van der Waals surface area (Å²) in [6.07, 6.45) is 0.915. The van der Waals surface area contributed by atoms with Crippen molar-refractivity contribution in [2.75, 3.05) is 20.3 Å². The first kappa shape index (κ1) is 13.2. The molecular formula is C14H22N2O2. The highest BCUT2D eigenvalue weighted by Crippen LogP contribution is 2.34. The molecule has 0 saturated carbocycles. The van der Waals surface area contributed by atoms with E-state index in [0.717, 1.165) is 23.5 Å². The summed E-state index contributed by atoms with van der Waals surface area (Å²) in [4.78, 5) is 0. The van der Waals surface area contributed by atoms with Crippen LogP contribution in [0.1, 0.15) is 31.9 Å². The molecule has 1 atom stereocenters. The standard InChI is InChI=1S/C14H22N2O2/c1-14(2,16-3)13(15)10-5-6-11-12(9-10)18-8-4-7-17-11/h5-6,9,13,16H,4,7-8,15H2,1-3H3. The Labute approximate surface area is 108 Å². The van der Waals surface area contributed by atoms with Gasteiger partial charge in [0.2, 0.25) is 0 Å². The zero-order valence-corrected chi connectivity index (χ0v) is 11.3. The first-order valence-electron chi connectivity index (χ1n) is 6.38. The summed E-state index contributed by atoms with van der Waals surface area (Å²) in [5.41, 5.74) is 7.18. The highest BCUT2D eigenvalue weighted by atomic mass is 16.5. The van der Waals surface area contributed by atoms with Crippen LogP contribution in [0.25, 0.3) is 0 Å². The minimum atomic E-state index is -0.167. The maximum Gasteiger partial charge on any atom is 0.161 e. The van der Waals surface area contributed by atoms with Crippen LogP contribution >= 0.6 is 0 Å². The quantitative estimate of drug-likeness (QED) is 0.859. The van der Waals surface area contributed by atoms with Gasteiger partial charge in [0.25, 0.3) is 0 Å². The van der Waals surface area contributed by atoms with Crippen LogP contribution in [0, 0.1) is 0 Å². The second-order valence-corrected chi connectivity index (χ2v) is 5.21. The van der Waals surface area contributed by atoms with Crippen LogP contribution < -0.4 is 20.5 Å². The summed E-state index contributed by atoms with van der Waals surface area (Å²) in [5, 5.41) is 3.23. The number of fused-ring (bicyclic) bond motifs is 1. The molecule has 18 heavy (non-hydrogen) atoms. The summed E-state index contributed by atoms with van der Waals surface area (Å²) in [6, 6.07) is 5.85. The van der Waals surface area contributed by atoms with Gasteiger partial charge in [-0.1, -0.05) is 6.07 Å². The molecule has 0 aromatic heterocycles. The summed E-state index contributed by atoms with van der Waals surface area (Å²) in [6.45, 7) is 5.57. The zero-order valence-electron chi connectivity index (χ0n) is 11.3. The Kier molecular flexibility index (Phi) is 3.78. The van der Waals surface area contributed by atoms with Gasteiger partial charge in [-0.15, -0.1) is 0 Å². The monoisotopic (exact) mass is 250 g/mol. The van der Waals surface area contributed by atoms with Gasteiger partial charge in [0.1, 0.15) is 0 Å². The second-order valence-electron chi connectivity index (χ2n) is 5.21. The van der Waals surface area contributed by atoms with Gasteiger partial charge < -0.3 is 20.5 Å². The normalized spacial score (nSPS) is 17.1. The van der Waals surface area contributed by atoms with Crippen molar-refractivity contribution in [2.24, 2.45) is 5.73 Å². The Morgan fingerprint density at radius 1 is 1.22 bits per heavy atom. The molecule has 100 valence electrons. The maximum atomic E-state index is 6.30. The van der Waals surface area contributed by atoms with Crippen molar-refractivity contribution in [3.63, 3.8) is 0 Å². The number of nitrogens with one attached hydrogen (secondary N) is 1. The van der Waals surface area contributed by atoms with Gasteiger partial charge in [-0.2, -0.15) is 0 Å². The average Bonchev–Trinajstić information content (AvgIpc) is 2.62. The number of hydrogen-bond acceptors (Lipinski definition) is 4. The fourth-order valence-electron chi connectivity index (χ4n) is 1.95. The van der Waals surface area contributed by atoms with E-state index in [4.69, 9.17) is 15.2 Å². The molecule has 1 aliphatic heterocycles. The van der Waals surface area contributed by atoms with E-state index in [1.165, 1.54) is 0 Å². The number of hydrogen-bond donors (Lipinski definition) is 2. The molecule has 4 heteroatoms. The second kappa shape index (κ2) is 5.16. The van der Waals surface area contributed by atoms with Gasteiger partial charge in [-0.05, 0) is 38.6 Å². The number of likely N-dealkylation sites (N-methyl/N-ethyl adjacent to an activating group) is 1. The SMILES string of the molecule is CNC(C)(C)C(N)c1ccc2c(c1)OCCCO2. The lowest BCUT2D eigenvalue weighted by Crippen LogP contribution is -2.46. The minimum absolute atomic E-state index is 0.0975. The molecule has 0 amide bonds. The van der Waals surface area contributed by atoms with Crippen molar-refractivity contribution < 1.29 is 9.47 Å². The van der Waals surface area contributed by atoms with Crippen LogP contribution in [0.3, 0.4) is 0 Å². The Bertz CT molecular complexity index is 418. The summed E-state index contributed by atoms with van der Waals surface area (Å²) < 4.78 is 11.3. The fourth-order valence-corrected chi connectivity index (χ4v) is 1.95. The topological polar surface area (TPSA) is 56.5 Å². The Hall–Kier alpha value is -1.26. The molecule has 1 heterocycles. The van der Waals surface area contributed by atoms with Crippen molar-refractivity contribution in [3.8, 4) is 11.5 Å².